The summed E-state index contributed by atoms with van der Waals surface area (Å²) >= 11 is 0. The van der Waals surface area contributed by atoms with Crippen LogP contribution in [0.3, 0.4) is 0 Å². The highest BCUT2D eigenvalue weighted by molar-refractivity contribution is 5.95. The quantitative estimate of drug-likeness (QED) is 0.749. The van der Waals surface area contributed by atoms with Crippen molar-refractivity contribution >= 4 is 11.8 Å². The number of amides is 2. The fraction of sp³-hybridized carbons (Fsp3) is 0.300. The Morgan fingerprint density at radius 2 is 1.81 bits per heavy atom. The first-order chi connectivity index (χ1) is 12.5. The Bertz CT molecular complexity index is 747. The fourth-order valence-corrected chi connectivity index (χ4v) is 2.56. The first-order valence-corrected chi connectivity index (χ1v) is 8.47. The van der Waals surface area contributed by atoms with Crippen molar-refractivity contribution in [1.29, 1.82) is 0 Å². The summed E-state index contributed by atoms with van der Waals surface area (Å²) in [6.07, 6.45) is 0.104. The van der Waals surface area contributed by atoms with Gasteiger partial charge in [0.2, 0.25) is 5.91 Å². The van der Waals surface area contributed by atoms with Crippen LogP contribution in [0, 0.1) is 0 Å². The van der Waals surface area contributed by atoms with Gasteiger partial charge < -0.3 is 20.1 Å². The molecule has 6 heteroatoms. The summed E-state index contributed by atoms with van der Waals surface area (Å²) in [5.41, 5.74) is 6.70. The van der Waals surface area contributed by atoms with Crippen molar-refractivity contribution in [2.45, 2.75) is 19.9 Å². The van der Waals surface area contributed by atoms with Crippen LogP contribution >= 0.6 is 0 Å². The van der Waals surface area contributed by atoms with Gasteiger partial charge in [0.05, 0.1) is 13.7 Å². The third-order valence-electron chi connectivity index (χ3n) is 3.84. The molecular weight excluding hydrogens is 332 g/mol. The molecule has 2 N–H and O–H groups in total. The van der Waals surface area contributed by atoms with Gasteiger partial charge in [-0.3, -0.25) is 9.59 Å². The smallest absolute Gasteiger partial charge is 0.254 e. The highest BCUT2D eigenvalue weighted by Gasteiger charge is 2.19. The van der Waals surface area contributed by atoms with E-state index in [4.69, 9.17) is 15.2 Å². The summed E-state index contributed by atoms with van der Waals surface area (Å²) in [6.45, 7) is 3.02. The van der Waals surface area contributed by atoms with Crippen LogP contribution < -0.4 is 15.2 Å². The minimum absolute atomic E-state index is 0.104. The van der Waals surface area contributed by atoms with Gasteiger partial charge in [0.1, 0.15) is 0 Å². The Balaban J connectivity index is 2.25. The number of hydrogen-bond donors (Lipinski definition) is 1. The number of nitrogens with two attached hydrogens (primary N) is 1. The van der Waals surface area contributed by atoms with Crippen LogP contribution in [0.25, 0.3) is 0 Å². The van der Waals surface area contributed by atoms with E-state index in [2.05, 4.69) is 0 Å². The number of benzene rings is 2. The molecule has 0 radical (unpaired) electrons. The van der Waals surface area contributed by atoms with Crippen molar-refractivity contribution in [2.24, 2.45) is 5.73 Å². The molecule has 0 heterocycles. The Morgan fingerprint density at radius 3 is 2.42 bits per heavy atom. The number of nitrogens with zero attached hydrogens (tertiary/aromatic N) is 1. The number of hydrogen-bond acceptors (Lipinski definition) is 4. The molecule has 0 aromatic heterocycles. The van der Waals surface area contributed by atoms with Crippen molar-refractivity contribution < 1.29 is 19.1 Å². The Kier molecular flexibility index (Phi) is 7.02. The molecule has 2 aromatic carbocycles. The number of rotatable bonds is 9. The minimum atomic E-state index is -0.444. The summed E-state index contributed by atoms with van der Waals surface area (Å²) in [5, 5.41) is 0. The Morgan fingerprint density at radius 1 is 1.08 bits per heavy atom. The second-order valence-electron chi connectivity index (χ2n) is 5.73. The van der Waals surface area contributed by atoms with Crippen LogP contribution in [0.4, 0.5) is 0 Å². The van der Waals surface area contributed by atoms with E-state index in [0.717, 1.165) is 5.56 Å². The predicted molar refractivity (Wildman–Crippen MR) is 99.2 cm³/mol. The van der Waals surface area contributed by atoms with Crippen LogP contribution in [-0.4, -0.2) is 37.0 Å². The summed E-state index contributed by atoms with van der Waals surface area (Å²) in [7, 11) is 1.53. The maximum absolute atomic E-state index is 13.0. The van der Waals surface area contributed by atoms with Gasteiger partial charge in [0, 0.05) is 25.1 Å². The lowest BCUT2D eigenvalue weighted by Crippen LogP contribution is -2.33. The molecule has 0 fully saturated rings. The zero-order chi connectivity index (χ0) is 18.9. The van der Waals surface area contributed by atoms with E-state index in [-0.39, 0.29) is 18.9 Å². The van der Waals surface area contributed by atoms with Crippen molar-refractivity contribution in [3.8, 4) is 11.5 Å². The van der Waals surface area contributed by atoms with Crippen LogP contribution in [0.15, 0.2) is 48.5 Å². The molecule has 2 rings (SSSR count). The van der Waals surface area contributed by atoms with Crippen LogP contribution in [0.1, 0.15) is 29.3 Å². The molecule has 0 aliphatic heterocycles. The zero-order valence-corrected chi connectivity index (χ0v) is 15.1. The normalized spacial score (nSPS) is 10.2. The number of carbonyl (C=O) groups excluding carboxylic acids is 2. The van der Waals surface area contributed by atoms with Crippen LogP contribution in [-0.2, 0) is 11.3 Å². The fourth-order valence-electron chi connectivity index (χ4n) is 2.56. The average Bonchev–Trinajstić information content (AvgIpc) is 2.65. The molecule has 0 saturated carbocycles. The van der Waals surface area contributed by atoms with E-state index in [9.17, 15) is 9.59 Å². The standard InChI is InChI=1S/C20H24N2O4/c1-3-26-17-10-9-16(13-18(17)25-2)20(24)22(12-11-19(21)23)14-15-7-5-4-6-8-15/h4-10,13H,3,11-12,14H2,1-2H3,(H2,21,23). The monoisotopic (exact) mass is 356 g/mol. The maximum atomic E-state index is 13.0. The lowest BCUT2D eigenvalue weighted by atomic mass is 10.1. The number of ether oxygens (including phenoxy) is 2. The van der Waals surface area contributed by atoms with Gasteiger partial charge in [-0.25, -0.2) is 0 Å². The molecule has 0 atom stereocenters. The lowest BCUT2D eigenvalue weighted by molar-refractivity contribution is -0.118. The summed E-state index contributed by atoms with van der Waals surface area (Å²) < 4.78 is 10.8. The predicted octanol–water partition coefficient (Wildman–Crippen LogP) is 2.61. The molecule has 138 valence electrons. The molecule has 0 saturated heterocycles. The zero-order valence-electron chi connectivity index (χ0n) is 15.1. The van der Waals surface area contributed by atoms with Gasteiger partial charge in [-0.05, 0) is 30.7 Å². The molecular formula is C20H24N2O4. The van der Waals surface area contributed by atoms with Crippen molar-refractivity contribution in [3.63, 3.8) is 0 Å². The van der Waals surface area contributed by atoms with Gasteiger partial charge in [0.25, 0.3) is 5.91 Å². The summed E-state index contributed by atoms with van der Waals surface area (Å²) in [6, 6.07) is 14.7. The highest BCUT2D eigenvalue weighted by atomic mass is 16.5. The summed E-state index contributed by atoms with van der Waals surface area (Å²) in [5.74, 6) is 0.433. The Hall–Kier alpha value is -3.02. The molecule has 0 spiro atoms. The first kappa shape index (κ1) is 19.3. The second kappa shape index (κ2) is 9.46. The van der Waals surface area contributed by atoms with Crippen molar-refractivity contribution in [2.75, 3.05) is 20.3 Å². The minimum Gasteiger partial charge on any atom is -0.493 e. The van der Waals surface area contributed by atoms with Gasteiger partial charge in [-0.1, -0.05) is 30.3 Å². The first-order valence-electron chi connectivity index (χ1n) is 8.47. The molecule has 0 aliphatic rings. The molecule has 26 heavy (non-hydrogen) atoms. The van der Waals surface area contributed by atoms with E-state index in [0.29, 0.717) is 30.2 Å². The number of carbonyl (C=O) groups is 2. The van der Waals surface area contributed by atoms with E-state index in [1.54, 1.807) is 23.1 Å². The summed E-state index contributed by atoms with van der Waals surface area (Å²) in [4.78, 5) is 25.8. The van der Waals surface area contributed by atoms with Crippen molar-refractivity contribution in [3.05, 3.63) is 59.7 Å². The lowest BCUT2D eigenvalue weighted by Gasteiger charge is -2.23. The largest absolute Gasteiger partial charge is 0.493 e. The Labute approximate surface area is 153 Å². The number of primary amides is 1. The molecule has 2 aromatic rings. The van der Waals surface area contributed by atoms with E-state index < -0.39 is 5.91 Å². The van der Waals surface area contributed by atoms with E-state index in [1.807, 2.05) is 37.3 Å². The highest BCUT2D eigenvalue weighted by Crippen LogP contribution is 2.28. The second-order valence-corrected chi connectivity index (χ2v) is 5.73. The molecule has 0 unspecified atom stereocenters. The third kappa shape index (κ3) is 5.24. The number of methoxy groups -OCH3 is 1. The molecule has 0 aliphatic carbocycles. The topological polar surface area (TPSA) is 81.9 Å². The third-order valence-corrected chi connectivity index (χ3v) is 3.84. The van der Waals surface area contributed by atoms with Gasteiger partial charge in [0.15, 0.2) is 11.5 Å². The van der Waals surface area contributed by atoms with Gasteiger partial charge in [-0.2, -0.15) is 0 Å². The SMILES string of the molecule is CCOc1ccc(C(=O)N(CCC(N)=O)Cc2ccccc2)cc1OC. The average molecular weight is 356 g/mol. The van der Waals surface area contributed by atoms with E-state index in [1.165, 1.54) is 7.11 Å². The van der Waals surface area contributed by atoms with Crippen LogP contribution in [0.2, 0.25) is 0 Å². The molecule has 6 nitrogen and oxygen atoms in total. The van der Waals surface area contributed by atoms with Gasteiger partial charge in [-0.15, -0.1) is 0 Å². The molecule has 0 bridgehead atoms. The van der Waals surface area contributed by atoms with Crippen molar-refractivity contribution in [1.82, 2.24) is 4.90 Å². The van der Waals surface area contributed by atoms with Crippen LogP contribution in [0.5, 0.6) is 11.5 Å². The maximum Gasteiger partial charge on any atom is 0.254 e. The van der Waals surface area contributed by atoms with E-state index >= 15 is 0 Å². The molecule has 2 amide bonds. The van der Waals surface area contributed by atoms with Gasteiger partial charge >= 0.3 is 0 Å².